The van der Waals surface area contributed by atoms with Crippen molar-refractivity contribution in [3.8, 4) is 11.5 Å². The number of cyclic esters (lactones) is 1. The van der Waals surface area contributed by atoms with Gasteiger partial charge in [-0.1, -0.05) is 39.3 Å². The molecular weight excluding hydrogens is 446 g/mol. The number of methoxy groups -OCH3 is 1. The number of hydrogen-bond acceptors (Lipinski definition) is 5. The fourth-order valence-corrected chi connectivity index (χ4v) is 3.56. The molecule has 2 aromatic carbocycles. The van der Waals surface area contributed by atoms with E-state index in [1.807, 2.05) is 36.4 Å². The average molecular weight is 472 g/mol. The van der Waals surface area contributed by atoms with Crippen molar-refractivity contribution in [1.82, 2.24) is 0 Å². The third kappa shape index (κ3) is 5.11. The maximum Gasteiger partial charge on any atom is 0.363 e. The summed E-state index contributed by atoms with van der Waals surface area (Å²) in [6.45, 7) is 6.99. The normalized spacial score (nSPS) is 14.8. The van der Waals surface area contributed by atoms with E-state index >= 15 is 0 Å². The summed E-state index contributed by atoms with van der Waals surface area (Å²) in [5.74, 6) is 1.51. The van der Waals surface area contributed by atoms with Gasteiger partial charge in [0.05, 0.1) is 18.2 Å². The number of carbonyl (C=O) groups excluding carboxylic acids is 1. The average Bonchev–Trinajstić information content (AvgIpc) is 3.09. The Morgan fingerprint density at radius 1 is 1.20 bits per heavy atom. The molecule has 0 aromatic heterocycles. The summed E-state index contributed by atoms with van der Waals surface area (Å²) < 4.78 is 17.4. The monoisotopic (exact) mass is 471 g/mol. The van der Waals surface area contributed by atoms with Crippen molar-refractivity contribution in [2.45, 2.75) is 39.5 Å². The molecule has 0 aliphatic carbocycles. The van der Waals surface area contributed by atoms with Crippen molar-refractivity contribution in [1.29, 1.82) is 0 Å². The van der Waals surface area contributed by atoms with Gasteiger partial charge in [-0.25, -0.2) is 9.79 Å². The van der Waals surface area contributed by atoms with Crippen molar-refractivity contribution < 1.29 is 19.0 Å². The van der Waals surface area contributed by atoms with E-state index in [9.17, 15) is 4.79 Å². The molecule has 0 saturated heterocycles. The Bertz CT molecular complexity index is 977. The van der Waals surface area contributed by atoms with E-state index in [0.29, 0.717) is 29.9 Å². The van der Waals surface area contributed by atoms with E-state index in [1.54, 1.807) is 13.2 Å². The Hall–Kier alpha value is -2.60. The summed E-state index contributed by atoms with van der Waals surface area (Å²) in [5, 5.41) is 0. The Morgan fingerprint density at radius 2 is 1.93 bits per heavy atom. The zero-order valence-electron chi connectivity index (χ0n) is 17.7. The van der Waals surface area contributed by atoms with Crippen LogP contribution >= 0.6 is 15.9 Å². The standard InChI is InChI=1S/C24H26BrNO4/c1-5-6-11-29-22-19(25)12-16(14-21(22)28-4)13-20-24(27)30-23(26-20)18-9-7-17(8-10-18)15(2)3/h7-10,12-15H,5-6,11H2,1-4H3/b20-13-. The number of unbranched alkanes of at least 4 members (excludes halogenated alkanes) is 1. The Balaban J connectivity index is 1.86. The highest BCUT2D eigenvalue weighted by Gasteiger charge is 2.24. The molecule has 2 aromatic rings. The zero-order chi connectivity index (χ0) is 21.7. The predicted molar refractivity (Wildman–Crippen MR) is 122 cm³/mol. The molecule has 6 heteroatoms. The Labute approximate surface area is 185 Å². The van der Waals surface area contributed by atoms with Gasteiger partial charge in [-0.15, -0.1) is 0 Å². The van der Waals surface area contributed by atoms with Crippen molar-refractivity contribution in [2.75, 3.05) is 13.7 Å². The molecule has 0 atom stereocenters. The first-order valence-corrected chi connectivity index (χ1v) is 10.9. The molecule has 158 valence electrons. The highest BCUT2D eigenvalue weighted by Crippen LogP contribution is 2.37. The molecule has 0 saturated carbocycles. The van der Waals surface area contributed by atoms with E-state index in [2.05, 4.69) is 41.7 Å². The van der Waals surface area contributed by atoms with E-state index in [1.165, 1.54) is 5.56 Å². The van der Waals surface area contributed by atoms with Gasteiger partial charge in [0.25, 0.3) is 0 Å². The van der Waals surface area contributed by atoms with Crippen LogP contribution in [-0.2, 0) is 9.53 Å². The Morgan fingerprint density at radius 3 is 2.57 bits per heavy atom. The topological polar surface area (TPSA) is 57.1 Å². The number of halogens is 1. The molecular formula is C24H26BrNO4. The van der Waals surface area contributed by atoms with Gasteiger partial charge in [-0.2, -0.15) is 0 Å². The molecule has 1 heterocycles. The van der Waals surface area contributed by atoms with Crippen LogP contribution in [-0.4, -0.2) is 25.6 Å². The summed E-state index contributed by atoms with van der Waals surface area (Å²) in [4.78, 5) is 16.7. The lowest BCUT2D eigenvalue weighted by Crippen LogP contribution is -2.05. The quantitative estimate of drug-likeness (QED) is 0.265. The largest absolute Gasteiger partial charge is 0.493 e. The smallest absolute Gasteiger partial charge is 0.363 e. The van der Waals surface area contributed by atoms with E-state index < -0.39 is 5.97 Å². The molecule has 0 amide bonds. The van der Waals surface area contributed by atoms with Gasteiger partial charge in [0.1, 0.15) is 0 Å². The molecule has 0 spiro atoms. The summed E-state index contributed by atoms with van der Waals surface area (Å²) >= 11 is 3.54. The third-order valence-electron chi connectivity index (χ3n) is 4.74. The highest BCUT2D eigenvalue weighted by molar-refractivity contribution is 9.10. The van der Waals surface area contributed by atoms with Gasteiger partial charge < -0.3 is 14.2 Å². The van der Waals surface area contributed by atoms with Crippen LogP contribution in [0.3, 0.4) is 0 Å². The molecule has 1 aliphatic heterocycles. The minimum Gasteiger partial charge on any atom is -0.493 e. The molecule has 5 nitrogen and oxygen atoms in total. The first-order valence-electron chi connectivity index (χ1n) is 10.1. The minimum atomic E-state index is -0.476. The molecule has 0 unspecified atom stereocenters. The van der Waals surface area contributed by atoms with Crippen LogP contribution in [0.15, 0.2) is 51.6 Å². The van der Waals surface area contributed by atoms with Crippen molar-refractivity contribution in [3.05, 3.63) is 63.3 Å². The molecule has 0 radical (unpaired) electrons. The summed E-state index contributed by atoms with van der Waals surface area (Å²) in [5.41, 5.74) is 2.99. The summed E-state index contributed by atoms with van der Waals surface area (Å²) in [7, 11) is 1.59. The van der Waals surface area contributed by atoms with Gasteiger partial charge in [0.2, 0.25) is 5.90 Å². The first kappa shape index (κ1) is 22.1. The minimum absolute atomic E-state index is 0.242. The second-order valence-electron chi connectivity index (χ2n) is 7.35. The maximum absolute atomic E-state index is 12.3. The zero-order valence-corrected chi connectivity index (χ0v) is 19.3. The molecule has 1 aliphatic rings. The van der Waals surface area contributed by atoms with E-state index in [4.69, 9.17) is 14.2 Å². The number of carbonyl (C=O) groups is 1. The van der Waals surface area contributed by atoms with Gasteiger partial charge >= 0.3 is 5.97 Å². The number of ether oxygens (including phenoxy) is 3. The van der Waals surface area contributed by atoms with E-state index in [0.717, 1.165) is 28.4 Å². The molecule has 3 rings (SSSR count). The summed E-state index contributed by atoms with van der Waals surface area (Å²) in [6.07, 6.45) is 3.69. The fraction of sp³-hybridized carbons (Fsp3) is 0.333. The number of nitrogens with zero attached hydrogens (tertiary/aromatic N) is 1. The predicted octanol–water partition coefficient (Wildman–Crippen LogP) is 6.10. The van der Waals surface area contributed by atoms with Crippen LogP contribution in [0.2, 0.25) is 0 Å². The molecule has 0 bridgehead atoms. The van der Waals surface area contributed by atoms with Crippen LogP contribution < -0.4 is 9.47 Å². The van der Waals surface area contributed by atoms with Crippen molar-refractivity contribution in [3.63, 3.8) is 0 Å². The molecule has 30 heavy (non-hydrogen) atoms. The van der Waals surface area contributed by atoms with Gasteiger partial charge in [0, 0.05) is 5.56 Å². The molecule has 0 N–H and O–H groups in total. The lowest BCUT2D eigenvalue weighted by Gasteiger charge is -2.13. The van der Waals surface area contributed by atoms with Gasteiger partial charge in [0.15, 0.2) is 17.2 Å². The van der Waals surface area contributed by atoms with Crippen molar-refractivity contribution >= 4 is 33.9 Å². The fourth-order valence-electron chi connectivity index (χ4n) is 2.98. The molecule has 0 fully saturated rings. The maximum atomic E-state index is 12.3. The number of benzene rings is 2. The second kappa shape index (κ2) is 9.94. The number of hydrogen-bond donors (Lipinski definition) is 0. The Kier molecular flexibility index (Phi) is 7.32. The number of esters is 1. The lowest BCUT2D eigenvalue weighted by atomic mass is 10.0. The van der Waals surface area contributed by atoms with Gasteiger partial charge in [-0.3, -0.25) is 0 Å². The lowest BCUT2D eigenvalue weighted by molar-refractivity contribution is -0.129. The third-order valence-corrected chi connectivity index (χ3v) is 5.33. The van der Waals surface area contributed by atoms with Crippen LogP contribution in [0.25, 0.3) is 6.08 Å². The number of rotatable bonds is 8. The van der Waals surface area contributed by atoms with E-state index in [-0.39, 0.29) is 5.70 Å². The van der Waals surface area contributed by atoms with Crippen LogP contribution in [0.1, 0.15) is 56.2 Å². The highest BCUT2D eigenvalue weighted by atomic mass is 79.9. The second-order valence-corrected chi connectivity index (χ2v) is 8.20. The van der Waals surface area contributed by atoms with Crippen LogP contribution in [0.4, 0.5) is 0 Å². The summed E-state index contributed by atoms with van der Waals surface area (Å²) in [6, 6.07) is 11.6. The van der Waals surface area contributed by atoms with Gasteiger partial charge in [-0.05, 0) is 69.7 Å². The first-order chi connectivity index (χ1) is 14.4. The van der Waals surface area contributed by atoms with Crippen molar-refractivity contribution in [2.24, 2.45) is 4.99 Å². The SMILES string of the molecule is CCCCOc1c(Br)cc(/C=C2\N=C(c3ccc(C(C)C)cc3)OC2=O)cc1OC. The number of aliphatic imine (C=N–C) groups is 1. The van der Waals surface area contributed by atoms with Crippen LogP contribution in [0.5, 0.6) is 11.5 Å². The van der Waals surface area contributed by atoms with Crippen LogP contribution in [0, 0.1) is 0 Å².